The van der Waals surface area contributed by atoms with Crippen LogP contribution in [-0.2, 0) is 13.7 Å². The molecule has 0 aliphatic carbocycles. The third-order valence-corrected chi connectivity index (χ3v) is 3.67. The summed E-state index contributed by atoms with van der Waals surface area (Å²) in [5.41, 5.74) is 1.35. The van der Waals surface area contributed by atoms with E-state index in [4.69, 9.17) is 9.15 Å². The Morgan fingerprint density at radius 2 is 1.96 bits per heavy atom. The van der Waals surface area contributed by atoms with Gasteiger partial charge in [0.2, 0.25) is 0 Å². The monoisotopic (exact) mass is 358 g/mol. The Morgan fingerprint density at radius 3 is 2.69 bits per heavy atom. The summed E-state index contributed by atoms with van der Waals surface area (Å²) in [6, 6.07) is 5.63. The van der Waals surface area contributed by atoms with Crippen LogP contribution in [0, 0.1) is 0 Å². The number of rotatable bonds is 5. The van der Waals surface area contributed by atoms with E-state index in [1.807, 2.05) is 25.2 Å². The molecule has 0 fully saturated rings. The van der Waals surface area contributed by atoms with E-state index in [0.717, 1.165) is 10.9 Å². The molecule has 8 nitrogen and oxygen atoms in total. The van der Waals surface area contributed by atoms with Crippen LogP contribution in [0.5, 0.6) is 5.75 Å². The van der Waals surface area contributed by atoms with Crippen LogP contribution in [0.3, 0.4) is 0 Å². The van der Waals surface area contributed by atoms with Gasteiger partial charge in [0, 0.05) is 24.8 Å². The predicted molar refractivity (Wildman–Crippen MR) is 85.3 cm³/mol. The van der Waals surface area contributed by atoms with Gasteiger partial charge >= 0.3 is 6.43 Å². The van der Waals surface area contributed by atoms with Crippen LogP contribution in [0.1, 0.15) is 18.1 Å². The van der Waals surface area contributed by atoms with Gasteiger partial charge in [0.25, 0.3) is 11.8 Å². The fraction of sp³-hybridized carbons (Fsp3) is 0.188. The highest BCUT2D eigenvalue weighted by Gasteiger charge is 2.17. The van der Waals surface area contributed by atoms with E-state index in [-0.39, 0.29) is 12.5 Å². The Hall–Kier alpha value is -3.43. The van der Waals surface area contributed by atoms with Crippen molar-refractivity contribution in [3.63, 3.8) is 0 Å². The Labute approximate surface area is 145 Å². The average molecular weight is 358 g/mol. The zero-order valence-electron chi connectivity index (χ0n) is 13.5. The van der Waals surface area contributed by atoms with Gasteiger partial charge in [-0.1, -0.05) is 0 Å². The zero-order valence-corrected chi connectivity index (χ0v) is 13.5. The molecule has 1 aromatic carbocycles. The van der Waals surface area contributed by atoms with Crippen LogP contribution in [0.25, 0.3) is 22.4 Å². The molecule has 0 aliphatic rings. The number of aromatic nitrogens is 6. The first-order valence-corrected chi connectivity index (χ1v) is 7.57. The molecule has 0 N–H and O–H groups in total. The van der Waals surface area contributed by atoms with Crippen molar-refractivity contribution in [2.75, 3.05) is 0 Å². The van der Waals surface area contributed by atoms with Crippen molar-refractivity contribution in [3.8, 4) is 17.2 Å². The van der Waals surface area contributed by atoms with Crippen molar-refractivity contribution in [2.24, 2.45) is 7.05 Å². The van der Waals surface area contributed by atoms with Crippen molar-refractivity contribution in [3.05, 3.63) is 48.5 Å². The van der Waals surface area contributed by atoms with Crippen LogP contribution in [0.2, 0.25) is 0 Å². The second-order valence-electron chi connectivity index (χ2n) is 5.41. The van der Waals surface area contributed by atoms with Gasteiger partial charge in [0.05, 0.1) is 17.3 Å². The first-order chi connectivity index (χ1) is 12.6. The number of fused-ring (bicyclic) bond motifs is 1. The maximum Gasteiger partial charge on any atom is 0.314 e. The van der Waals surface area contributed by atoms with E-state index in [1.54, 1.807) is 10.9 Å². The minimum absolute atomic E-state index is 0.0604. The number of aryl methyl sites for hydroxylation is 1. The van der Waals surface area contributed by atoms with E-state index in [1.165, 1.54) is 12.4 Å². The molecule has 4 aromatic rings. The Morgan fingerprint density at radius 1 is 1.15 bits per heavy atom. The predicted octanol–water partition coefficient (Wildman–Crippen LogP) is 2.93. The van der Waals surface area contributed by atoms with E-state index in [0.29, 0.717) is 17.1 Å². The second kappa shape index (κ2) is 6.47. The summed E-state index contributed by atoms with van der Waals surface area (Å²) in [6.07, 6.45) is 1.77. The summed E-state index contributed by atoms with van der Waals surface area (Å²) in [5, 5.41) is 12.0. The van der Waals surface area contributed by atoms with Crippen LogP contribution in [-0.4, -0.2) is 29.9 Å². The van der Waals surface area contributed by atoms with Gasteiger partial charge in [-0.2, -0.15) is 13.9 Å². The summed E-state index contributed by atoms with van der Waals surface area (Å²) in [7, 11) is 1.87. The van der Waals surface area contributed by atoms with Gasteiger partial charge in [-0.15, -0.1) is 10.2 Å². The maximum atomic E-state index is 12.5. The SMILES string of the molecule is Cn1ncc2cc(OCc3ncc(-c4nnc(C(F)F)o4)cn3)ccc21. The van der Waals surface area contributed by atoms with Gasteiger partial charge in [-0.05, 0) is 18.2 Å². The smallest absolute Gasteiger partial charge is 0.314 e. The highest BCUT2D eigenvalue weighted by atomic mass is 19.3. The fourth-order valence-electron chi connectivity index (χ4n) is 2.36. The topological polar surface area (TPSA) is 91.8 Å². The Kier molecular flexibility index (Phi) is 3.99. The summed E-state index contributed by atoms with van der Waals surface area (Å²) in [6.45, 7) is 0.151. The van der Waals surface area contributed by atoms with Crippen LogP contribution in [0.4, 0.5) is 8.78 Å². The molecule has 0 aliphatic heterocycles. The van der Waals surface area contributed by atoms with Crippen LogP contribution >= 0.6 is 0 Å². The van der Waals surface area contributed by atoms with Crippen molar-refractivity contribution >= 4 is 10.9 Å². The number of nitrogens with zero attached hydrogens (tertiary/aromatic N) is 6. The van der Waals surface area contributed by atoms with Crippen molar-refractivity contribution in [1.29, 1.82) is 0 Å². The molecule has 0 bridgehead atoms. The van der Waals surface area contributed by atoms with Crippen LogP contribution < -0.4 is 4.74 Å². The number of hydrogen-bond acceptors (Lipinski definition) is 7. The molecular weight excluding hydrogens is 346 g/mol. The lowest BCUT2D eigenvalue weighted by Gasteiger charge is -2.05. The van der Waals surface area contributed by atoms with Crippen molar-refractivity contribution in [1.82, 2.24) is 29.9 Å². The number of ether oxygens (including phenoxy) is 1. The minimum Gasteiger partial charge on any atom is -0.486 e. The lowest BCUT2D eigenvalue weighted by molar-refractivity contribution is 0.116. The summed E-state index contributed by atoms with van der Waals surface area (Å²) < 4.78 is 37.2. The molecule has 10 heteroatoms. The highest BCUT2D eigenvalue weighted by Crippen LogP contribution is 2.23. The fourth-order valence-corrected chi connectivity index (χ4v) is 2.36. The summed E-state index contributed by atoms with van der Waals surface area (Å²) in [5.74, 6) is 0.290. The summed E-state index contributed by atoms with van der Waals surface area (Å²) >= 11 is 0. The molecule has 0 unspecified atom stereocenters. The van der Waals surface area contributed by atoms with Gasteiger partial charge < -0.3 is 9.15 Å². The van der Waals surface area contributed by atoms with Gasteiger partial charge in [0.1, 0.15) is 12.4 Å². The average Bonchev–Trinajstić information content (AvgIpc) is 3.28. The van der Waals surface area contributed by atoms with E-state index >= 15 is 0 Å². The van der Waals surface area contributed by atoms with Crippen LogP contribution in [0.15, 0.2) is 41.2 Å². The zero-order chi connectivity index (χ0) is 18.1. The molecule has 0 saturated heterocycles. The second-order valence-corrected chi connectivity index (χ2v) is 5.41. The Balaban J connectivity index is 1.44. The first-order valence-electron chi connectivity index (χ1n) is 7.57. The quantitative estimate of drug-likeness (QED) is 0.541. The standard InChI is InChI=1S/C16H12F2N6O2/c1-24-12-3-2-11(4-9(12)7-21-24)25-8-13-19-5-10(6-20-13)15-22-23-16(26-15)14(17)18/h2-7,14H,8H2,1H3. The lowest BCUT2D eigenvalue weighted by Crippen LogP contribution is -2.01. The number of benzene rings is 1. The maximum absolute atomic E-state index is 12.5. The molecular formula is C16H12F2N6O2. The largest absolute Gasteiger partial charge is 0.486 e. The first kappa shape index (κ1) is 16.1. The molecule has 0 saturated carbocycles. The van der Waals surface area contributed by atoms with Gasteiger partial charge in [-0.3, -0.25) is 4.68 Å². The van der Waals surface area contributed by atoms with Gasteiger partial charge in [-0.25, -0.2) is 9.97 Å². The number of halogens is 2. The molecule has 0 spiro atoms. The molecule has 0 radical (unpaired) electrons. The number of hydrogen-bond donors (Lipinski definition) is 0. The van der Waals surface area contributed by atoms with E-state index in [9.17, 15) is 8.78 Å². The van der Waals surface area contributed by atoms with Crippen molar-refractivity contribution < 1.29 is 17.9 Å². The number of alkyl halides is 2. The molecule has 0 amide bonds. The van der Waals surface area contributed by atoms with Crippen molar-refractivity contribution in [2.45, 2.75) is 13.0 Å². The third-order valence-electron chi connectivity index (χ3n) is 3.67. The molecule has 132 valence electrons. The molecule has 0 atom stereocenters. The molecule has 4 rings (SSSR count). The molecule has 3 aromatic heterocycles. The van der Waals surface area contributed by atoms with E-state index < -0.39 is 12.3 Å². The highest BCUT2D eigenvalue weighted by molar-refractivity contribution is 5.80. The normalized spacial score (nSPS) is 11.4. The molecule has 3 heterocycles. The van der Waals surface area contributed by atoms with E-state index in [2.05, 4.69) is 25.3 Å². The Bertz CT molecular complexity index is 1040. The van der Waals surface area contributed by atoms with Gasteiger partial charge in [0.15, 0.2) is 5.82 Å². The minimum atomic E-state index is -2.82. The third kappa shape index (κ3) is 3.08. The lowest BCUT2D eigenvalue weighted by atomic mass is 10.2. The summed E-state index contributed by atoms with van der Waals surface area (Å²) in [4.78, 5) is 8.25. The molecule has 26 heavy (non-hydrogen) atoms.